The SMILES string of the molecule is CCNC(=O)N(CC)Cc1cc(C(F)(F)F)ccc1-c1cc(CC(=O)OCC)ccc1OC. The Morgan fingerprint density at radius 3 is 2.33 bits per heavy atom. The summed E-state index contributed by atoms with van der Waals surface area (Å²) in [7, 11) is 1.46. The van der Waals surface area contributed by atoms with Gasteiger partial charge in [-0.2, -0.15) is 13.2 Å². The second kappa shape index (κ2) is 11.6. The predicted octanol–water partition coefficient (Wildman–Crippen LogP) is 5.04. The van der Waals surface area contributed by atoms with Crippen LogP contribution in [0.4, 0.5) is 18.0 Å². The molecule has 0 unspecified atom stereocenters. The summed E-state index contributed by atoms with van der Waals surface area (Å²) in [6.07, 6.45) is -4.52. The molecule has 0 radical (unpaired) electrons. The molecule has 0 aliphatic rings. The molecule has 9 heteroatoms. The predicted molar refractivity (Wildman–Crippen MR) is 119 cm³/mol. The summed E-state index contributed by atoms with van der Waals surface area (Å²) in [5.74, 6) is 0.0272. The molecule has 0 heterocycles. The molecule has 0 aliphatic heterocycles. The Bertz CT molecular complexity index is 977. The van der Waals surface area contributed by atoms with Crippen molar-refractivity contribution >= 4 is 12.0 Å². The van der Waals surface area contributed by atoms with Crippen molar-refractivity contribution in [1.82, 2.24) is 10.2 Å². The Morgan fingerprint density at radius 1 is 1.03 bits per heavy atom. The van der Waals surface area contributed by atoms with Crippen LogP contribution in [0.1, 0.15) is 37.5 Å². The molecule has 0 bridgehead atoms. The molecule has 0 spiro atoms. The fourth-order valence-electron chi connectivity index (χ4n) is 3.41. The highest BCUT2D eigenvalue weighted by Gasteiger charge is 2.31. The lowest BCUT2D eigenvalue weighted by Gasteiger charge is -2.24. The number of urea groups is 1. The van der Waals surface area contributed by atoms with E-state index < -0.39 is 17.7 Å². The zero-order valence-electron chi connectivity index (χ0n) is 19.2. The molecule has 1 N–H and O–H groups in total. The Hall–Kier alpha value is -3.23. The zero-order chi connectivity index (χ0) is 24.6. The molecule has 2 rings (SSSR count). The van der Waals surface area contributed by atoms with Crippen LogP contribution in [0.5, 0.6) is 5.75 Å². The van der Waals surface area contributed by atoms with Gasteiger partial charge in [-0.05, 0) is 61.7 Å². The molecule has 2 amide bonds. The first kappa shape index (κ1) is 26.0. The summed E-state index contributed by atoms with van der Waals surface area (Å²) in [6.45, 7) is 6.14. The minimum atomic E-state index is -4.54. The standard InChI is InChI=1S/C24H29F3N2O4/c1-5-28-23(31)29(6-2)15-17-14-18(24(25,26)27)9-10-19(17)20-12-16(8-11-21(20)32-4)13-22(30)33-7-3/h8-12,14H,5-7,13,15H2,1-4H3,(H,28,31). The molecular weight excluding hydrogens is 437 g/mol. The number of carbonyl (C=O) groups excluding carboxylic acids is 2. The van der Waals surface area contributed by atoms with E-state index >= 15 is 0 Å². The van der Waals surface area contributed by atoms with Gasteiger partial charge in [0.25, 0.3) is 0 Å². The monoisotopic (exact) mass is 466 g/mol. The maximum Gasteiger partial charge on any atom is 0.416 e. The fraction of sp³-hybridized carbons (Fsp3) is 0.417. The first-order valence-electron chi connectivity index (χ1n) is 10.7. The average molecular weight is 467 g/mol. The molecule has 0 aromatic heterocycles. The van der Waals surface area contributed by atoms with Gasteiger partial charge in [-0.1, -0.05) is 12.1 Å². The molecule has 33 heavy (non-hydrogen) atoms. The summed E-state index contributed by atoms with van der Waals surface area (Å²) in [4.78, 5) is 25.7. The van der Waals surface area contributed by atoms with Crippen molar-refractivity contribution in [2.45, 2.75) is 39.9 Å². The number of amides is 2. The quantitative estimate of drug-likeness (QED) is 0.526. The van der Waals surface area contributed by atoms with Gasteiger partial charge in [-0.25, -0.2) is 4.79 Å². The second-order valence-corrected chi connectivity index (χ2v) is 7.24. The highest BCUT2D eigenvalue weighted by atomic mass is 19.4. The number of esters is 1. The lowest BCUT2D eigenvalue weighted by atomic mass is 9.94. The smallest absolute Gasteiger partial charge is 0.416 e. The number of nitrogens with zero attached hydrogens (tertiary/aromatic N) is 1. The normalized spacial score (nSPS) is 11.1. The van der Waals surface area contributed by atoms with E-state index in [0.717, 1.165) is 12.1 Å². The average Bonchev–Trinajstić information content (AvgIpc) is 2.77. The van der Waals surface area contributed by atoms with Crippen molar-refractivity contribution in [2.24, 2.45) is 0 Å². The van der Waals surface area contributed by atoms with Gasteiger partial charge < -0.3 is 19.7 Å². The maximum absolute atomic E-state index is 13.5. The van der Waals surface area contributed by atoms with Gasteiger partial charge in [0.1, 0.15) is 5.75 Å². The van der Waals surface area contributed by atoms with Gasteiger partial charge in [0, 0.05) is 25.2 Å². The third-order valence-corrected chi connectivity index (χ3v) is 5.00. The van der Waals surface area contributed by atoms with Crippen LogP contribution < -0.4 is 10.1 Å². The van der Waals surface area contributed by atoms with Crippen LogP contribution in [0.3, 0.4) is 0 Å². The minimum Gasteiger partial charge on any atom is -0.496 e. The van der Waals surface area contributed by atoms with Crippen LogP contribution in [0.25, 0.3) is 11.1 Å². The first-order valence-corrected chi connectivity index (χ1v) is 10.7. The summed E-state index contributed by atoms with van der Waals surface area (Å²) in [6, 6.07) is 8.11. The number of benzene rings is 2. The van der Waals surface area contributed by atoms with Crippen LogP contribution in [-0.4, -0.2) is 43.7 Å². The summed E-state index contributed by atoms with van der Waals surface area (Å²) >= 11 is 0. The fourth-order valence-corrected chi connectivity index (χ4v) is 3.41. The van der Waals surface area contributed by atoms with E-state index in [4.69, 9.17) is 9.47 Å². The highest BCUT2D eigenvalue weighted by Crippen LogP contribution is 2.38. The van der Waals surface area contributed by atoms with E-state index in [0.29, 0.717) is 41.1 Å². The molecule has 0 fully saturated rings. The number of hydrogen-bond donors (Lipinski definition) is 1. The van der Waals surface area contributed by atoms with Gasteiger partial charge in [0.15, 0.2) is 0 Å². The van der Waals surface area contributed by atoms with Crippen LogP contribution in [-0.2, 0) is 28.7 Å². The van der Waals surface area contributed by atoms with Crippen LogP contribution >= 0.6 is 0 Å². The Labute approximate surface area is 191 Å². The Kier molecular flexibility index (Phi) is 9.13. The number of halogens is 3. The van der Waals surface area contributed by atoms with Crippen molar-refractivity contribution in [1.29, 1.82) is 0 Å². The molecule has 0 saturated carbocycles. The van der Waals surface area contributed by atoms with Gasteiger partial charge in [0.2, 0.25) is 0 Å². The topological polar surface area (TPSA) is 67.9 Å². The lowest BCUT2D eigenvalue weighted by molar-refractivity contribution is -0.142. The number of carbonyl (C=O) groups is 2. The van der Waals surface area contributed by atoms with Gasteiger partial charge in [-0.15, -0.1) is 0 Å². The third-order valence-electron chi connectivity index (χ3n) is 5.00. The van der Waals surface area contributed by atoms with Crippen LogP contribution in [0.2, 0.25) is 0 Å². The van der Waals surface area contributed by atoms with E-state index in [2.05, 4.69) is 5.32 Å². The number of rotatable bonds is 9. The van der Waals surface area contributed by atoms with E-state index in [1.807, 2.05) is 0 Å². The maximum atomic E-state index is 13.5. The molecule has 0 atom stereocenters. The first-order chi connectivity index (χ1) is 15.6. The number of alkyl halides is 3. The molecule has 6 nitrogen and oxygen atoms in total. The van der Waals surface area contributed by atoms with E-state index in [1.54, 1.807) is 39.0 Å². The van der Waals surface area contributed by atoms with E-state index in [1.165, 1.54) is 18.1 Å². The largest absolute Gasteiger partial charge is 0.496 e. The Morgan fingerprint density at radius 2 is 1.76 bits per heavy atom. The number of hydrogen-bond acceptors (Lipinski definition) is 4. The lowest BCUT2D eigenvalue weighted by Crippen LogP contribution is -2.39. The molecule has 0 aliphatic carbocycles. The van der Waals surface area contributed by atoms with E-state index in [9.17, 15) is 22.8 Å². The van der Waals surface area contributed by atoms with Crippen molar-refractivity contribution < 1.29 is 32.2 Å². The van der Waals surface area contributed by atoms with Crippen molar-refractivity contribution in [3.63, 3.8) is 0 Å². The second-order valence-electron chi connectivity index (χ2n) is 7.24. The van der Waals surface area contributed by atoms with Gasteiger partial charge >= 0.3 is 18.2 Å². The van der Waals surface area contributed by atoms with Gasteiger partial charge in [-0.3, -0.25) is 4.79 Å². The minimum absolute atomic E-state index is 0.0147. The van der Waals surface area contributed by atoms with Crippen molar-refractivity contribution in [3.05, 3.63) is 53.1 Å². The van der Waals surface area contributed by atoms with Crippen LogP contribution in [0.15, 0.2) is 36.4 Å². The van der Waals surface area contributed by atoms with Crippen molar-refractivity contribution in [3.8, 4) is 16.9 Å². The summed E-state index contributed by atoms with van der Waals surface area (Å²) in [5.41, 5.74) is 1.13. The molecule has 2 aromatic rings. The van der Waals surface area contributed by atoms with Crippen LogP contribution in [0, 0.1) is 0 Å². The molecule has 2 aromatic carbocycles. The molecule has 0 saturated heterocycles. The van der Waals surface area contributed by atoms with Crippen molar-refractivity contribution in [2.75, 3.05) is 26.8 Å². The Balaban J connectivity index is 2.60. The zero-order valence-corrected chi connectivity index (χ0v) is 19.2. The summed E-state index contributed by atoms with van der Waals surface area (Å²) in [5, 5.41) is 2.67. The molecular formula is C24H29F3N2O4. The number of nitrogens with one attached hydrogen (secondary N) is 1. The molecule has 180 valence electrons. The van der Waals surface area contributed by atoms with E-state index in [-0.39, 0.29) is 25.6 Å². The summed E-state index contributed by atoms with van der Waals surface area (Å²) < 4.78 is 50.8. The number of ether oxygens (including phenoxy) is 2. The van der Waals surface area contributed by atoms with Gasteiger partial charge in [0.05, 0.1) is 25.7 Å². The highest BCUT2D eigenvalue weighted by molar-refractivity contribution is 5.79. The third kappa shape index (κ3) is 6.87. The number of methoxy groups -OCH3 is 1.